The Morgan fingerprint density at radius 1 is 0.615 bits per heavy atom. The number of fused-ring (bicyclic) bond motifs is 4. The van der Waals surface area contributed by atoms with Crippen molar-refractivity contribution in [3.05, 3.63) is 128 Å². The molecule has 0 aliphatic heterocycles. The second-order valence-electron chi connectivity index (χ2n) is 9.45. The SMILES string of the molecule is c1cc(-c2cccc(-n3cccn3)n2)cc(-n2c3ccccc3c3ccc(-c4nc5ccccc5o4)cc32)c1. The Morgan fingerprint density at radius 2 is 1.49 bits per heavy atom. The van der Waals surface area contributed by atoms with Crippen molar-refractivity contribution in [1.29, 1.82) is 0 Å². The first-order valence-corrected chi connectivity index (χ1v) is 12.8. The number of aromatic nitrogens is 5. The van der Waals surface area contributed by atoms with Crippen molar-refractivity contribution in [3.8, 4) is 34.2 Å². The van der Waals surface area contributed by atoms with Crippen LogP contribution in [-0.2, 0) is 0 Å². The van der Waals surface area contributed by atoms with Gasteiger partial charge in [-0.05, 0) is 60.7 Å². The van der Waals surface area contributed by atoms with E-state index in [0.717, 1.165) is 50.5 Å². The molecule has 4 aromatic carbocycles. The zero-order chi connectivity index (χ0) is 25.8. The van der Waals surface area contributed by atoms with Gasteiger partial charge < -0.3 is 8.98 Å². The summed E-state index contributed by atoms with van der Waals surface area (Å²) in [6.45, 7) is 0. The van der Waals surface area contributed by atoms with E-state index in [0.29, 0.717) is 5.89 Å². The van der Waals surface area contributed by atoms with Gasteiger partial charge in [0.25, 0.3) is 0 Å². The highest BCUT2D eigenvalue weighted by atomic mass is 16.3. The molecule has 4 aromatic heterocycles. The maximum Gasteiger partial charge on any atom is 0.227 e. The van der Waals surface area contributed by atoms with E-state index in [1.165, 1.54) is 10.8 Å². The van der Waals surface area contributed by atoms with Crippen molar-refractivity contribution in [3.63, 3.8) is 0 Å². The maximum atomic E-state index is 6.11. The highest BCUT2D eigenvalue weighted by Crippen LogP contribution is 2.36. The molecule has 0 aliphatic carbocycles. The lowest BCUT2D eigenvalue weighted by Gasteiger charge is -2.11. The summed E-state index contributed by atoms with van der Waals surface area (Å²) in [5, 5.41) is 6.70. The highest BCUT2D eigenvalue weighted by molar-refractivity contribution is 6.10. The van der Waals surface area contributed by atoms with Gasteiger partial charge in [0, 0.05) is 40.0 Å². The molecule has 0 aliphatic rings. The molecular formula is C33H21N5O. The minimum Gasteiger partial charge on any atom is -0.436 e. The predicted molar refractivity (Wildman–Crippen MR) is 154 cm³/mol. The zero-order valence-corrected chi connectivity index (χ0v) is 20.8. The third-order valence-corrected chi connectivity index (χ3v) is 7.09. The first-order valence-electron chi connectivity index (χ1n) is 12.8. The van der Waals surface area contributed by atoms with Crippen molar-refractivity contribution in [2.75, 3.05) is 0 Å². The van der Waals surface area contributed by atoms with E-state index in [9.17, 15) is 0 Å². The molecule has 0 atom stereocenters. The molecule has 6 heteroatoms. The molecule has 0 spiro atoms. The van der Waals surface area contributed by atoms with Crippen LogP contribution in [0.1, 0.15) is 0 Å². The monoisotopic (exact) mass is 503 g/mol. The first kappa shape index (κ1) is 21.6. The fraction of sp³-hybridized carbons (Fsp3) is 0. The number of oxazole rings is 1. The second-order valence-corrected chi connectivity index (χ2v) is 9.45. The lowest BCUT2D eigenvalue weighted by Crippen LogP contribution is -1.99. The molecule has 0 unspecified atom stereocenters. The number of pyridine rings is 1. The van der Waals surface area contributed by atoms with Crippen molar-refractivity contribution < 1.29 is 4.42 Å². The third-order valence-electron chi connectivity index (χ3n) is 7.09. The summed E-state index contributed by atoms with van der Waals surface area (Å²) >= 11 is 0. The van der Waals surface area contributed by atoms with Crippen LogP contribution in [0.2, 0.25) is 0 Å². The number of rotatable bonds is 4. The molecule has 0 bridgehead atoms. The molecule has 184 valence electrons. The van der Waals surface area contributed by atoms with Crippen molar-refractivity contribution in [1.82, 2.24) is 24.3 Å². The van der Waals surface area contributed by atoms with Crippen molar-refractivity contribution in [2.24, 2.45) is 0 Å². The smallest absolute Gasteiger partial charge is 0.227 e. The summed E-state index contributed by atoms with van der Waals surface area (Å²) in [4.78, 5) is 9.62. The van der Waals surface area contributed by atoms with Gasteiger partial charge in [-0.1, -0.05) is 54.6 Å². The lowest BCUT2D eigenvalue weighted by molar-refractivity contribution is 0.620. The quantitative estimate of drug-likeness (QED) is 0.245. The Kier molecular flexibility index (Phi) is 4.72. The third kappa shape index (κ3) is 3.54. The van der Waals surface area contributed by atoms with Gasteiger partial charge in [0.1, 0.15) is 5.52 Å². The van der Waals surface area contributed by atoms with Crippen LogP contribution >= 0.6 is 0 Å². The van der Waals surface area contributed by atoms with E-state index in [4.69, 9.17) is 14.4 Å². The molecular weight excluding hydrogens is 482 g/mol. The largest absolute Gasteiger partial charge is 0.436 e. The number of para-hydroxylation sites is 3. The van der Waals surface area contributed by atoms with Gasteiger partial charge in [-0.15, -0.1) is 0 Å². The summed E-state index contributed by atoms with van der Waals surface area (Å²) < 4.78 is 10.2. The van der Waals surface area contributed by atoms with E-state index in [1.807, 2.05) is 54.7 Å². The van der Waals surface area contributed by atoms with Crippen LogP contribution in [0.4, 0.5) is 0 Å². The van der Waals surface area contributed by atoms with Gasteiger partial charge in [0.2, 0.25) is 5.89 Å². The summed E-state index contributed by atoms with van der Waals surface area (Å²) in [5.74, 6) is 1.39. The molecule has 0 fully saturated rings. The Hall–Kier alpha value is -5.49. The standard InChI is InChI=1S/C33H21N5O/c1-3-13-29-25(10-1)26-17-16-23(33-36-28-11-2-4-14-31(28)39-33)21-30(26)38(29)24-9-5-8-22(20-24)27-12-6-15-32(35-27)37-19-7-18-34-37/h1-21H. The minimum absolute atomic E-state index is 0.614. The normalized spacial score (nSPS) is 11.6. The summed E-state index contributed by atoms with van der Waals surface area (Å²) in [7, 11) is 0. The van der Waals surface area contributed by atoms with Gasteiger partial charge in [0.15, 0.2) is 11.4 Å². The molecule has 0 saturated heterocycles. The molecule has 8 rings (SSSR count). The van der Waals surface area contributed by atoms with Crippen molar-refractivity contribution in [2.45, 2.75) is 0 Å². The van der Waals surface area contributed by atoms with Crippen LogP contribution < -0.4 is 0 Å². The van der Waals surface area contributed by atoms with E-state index in [2.05, 4.69) is 76.4 Å². The Morgan fingerprint density at radius 3 is 2.41 bits per heavy atom. The second kappa shape index (κ2) is 8.53. The molecule has 0 saturated carbocycles. The Bertz CT molecular complexity index is 2100. The summed E-state index contributed by atoms with van der Waals surface area (Å²) in [6.07, 6.45) is 3.65. The predicted octanol–water partition coefficient (Wildman–Crippen LogP) is 7.84. The topological polar surface area (TPSA) is 61.7 Å². The average molecular weight is 504 g/mol. The molecule has 0 N–H and O–H groups in total. The molecule has 4 heterocycles. The van der Waals surface area contributed by atoms with Crippen molar-refractivity contribution >= 4 is 32.9 Å². The van der Waals surface area contributed by atoms with E-state index < -0.39 is 0 Å². The Labute approximate surface area is 223 Å². The maximum absolute atomic E-state index is 6.11. The summed E-state index contributed by atoms with van der Waals surface area (Å²) in [6, 6.07) is 39.2. The van der Waals surface area contributed by atoms with Crippen LogP contribution in [-0.4, -0.2) is 24.3 Å². The molecule has 0 amide bonds. The minimum atomic E-state index is 0.614. The number of hydrogen-bond acceptors (Lipinski definition) is 4. The van der Waals surface area contributed by atoms with Crippen LogP contribution in [0, 0.1) is 0 Å². The van der Waals surface area contributed by atoms with Crippen LogP contribution in [0.5, 0.6) is 0 Å². The van der Waals surface area contributed by atoms with Gasteiger partial charge >= 0.3 is 0 Å². The summed E-state index contributed by atoms with van der Waals surface area (Å²) in [5.41, 5.74) is 7.77. The molecule has 8 aromatic rings. The number of nitrogens with zero attached hydrogens (tertiary/aromatic N) is 5. The Balaban J connectivity index is 1.31. The van der Waals surface area contributed by atoms with Gasteiger partial charge in [-0.3, -0.25) is 0 Å². The highest BCUT2D eigenvalue weighted by Gasteiger charge is 2.16. The zero-order valence-electron chi connectivity index (χ0n) is 20.8. The molecule has 39 heavy (non-hydrogen) atoms. The first-order chi connectivity index (χ1) is 19.3. The van der Waals surface area contributed by atoms with E-state index in [-0.39, 0.29) is 0 Å². The van der Waals surface area contributed by atoms with Gasteiger partial charge in [0.05, 0.1) is 16.7 Å². The van der Waals surface area contributed by atoms with E-state index in [1.54, 1.807) is 10.9 Å². The van der Waals surface area contributed by atoms with Gasteiger partial charge in [-0.25, -0.2) is 14.6 Å². The van der Waals surface area contributed by atoms with Crippen LogP contribution in [0.15, 0.2) is 132 Å². The lowest BCUT2D eigenvalue weighted by atomic mass is 10.1. The molecule has 0 radical (unpaired) electrons. The average Bonchev–Trinajstić information content (AvgIpc) is 3.75. The van der Waals surface area contributed by atoms with Crippen LogP contribution in [0.25, 0.3) is 67.1 Å². The number of benzene rings is 4. The fourth-order valence-electron chi connectivity index (χ4n) is 5.30. The fourth-order valence-corrected chi connectivity index (χ4v) is 5.30. The van der Waals surface area contributed by atoms with E-state index >= 15 is 0 Å². The van der Waals surface area contributed by atoms with Crippen LogP contribution in [0.3, 0.4) is 0 Å². The van der Waals surface area contributed by atoms with Gasteiger partial charge in [-0.2, -0.15) is 5.10 Å². The number of hydrogen-bond donors (Lipinski definition) is 0. The molecule has 6 nitrogen and oxygen atoms in total.